The highest BCUT2D eigenvalue weighted by atomic mass is 32.2. The second-order valence-corrected chi connectivity index (χ2v) is 5.87. The van der Waals surface area contributed by atoms with Crippen LogP contribution in [0.25, 0.3) is 10.9 Å². The molecule has 0 atom stereocenters. The minimum atomic E-state index is -3.78. The Balaban J connectivity index is 2.10. The van der Waals surface area contributed by atoms with Gasteiger partial charge in [-0.3, -0.25) is 9.71 Å². The first-order valence-electron chi connectivity index (χ1n) is 6.10. The molecule has 0 bridgehead atoms. The molecule has 0 aliphatic carbocycles. The Morgan fingerprint density at radius 2 is 2.05 bits per heavy atom. The Kier molecular flexibility index (Phi) is 3.26. The van der Waals surface area contributed by atoms with E-state index >= 15 is 0 Å². The van der Waals surface area contributed by atoms with Crippen LogP contribution < -0.4 is 9.46 Å². The number of hydrogen-bond acceptors (Lipinski definition) is 5. The van der Waals surface area contributed by atoms with E-state index in [1.54, 1.807) is 31.5 Å². The molecule has 3 rings (SSSR count). The van der Waals surface area contributed by atoms with E-state index in [9.17, 15) is 8.42 Å². The molecule has 0 saturated heterocycles. The number of rotatable bonds is 4. The summed E-state index contributed by atoms with van der Waals surface area (Å²) in [5.41, 5.74) is 0.870. The van der Waals surface area contributed by atoms with Gasteiger partial charge in [-0.15, -0.1) is 0 Å². The highest BCUT2D eigenvalue weighted by molar-refractivity contribution is 7.92. The molecule has 7 heteroatoms. The SMILES string of the molecule is COc1ccc(NS(=O)(=O)c2ccco2)c2ncccc12. The Labute approximate surface area is 121 Å². The van der Waals surface area contributed by atoms with Crippen molar-refractivity contribution in [3.8, 4) is 5.75 Å². The largest absolute Gasteiger partial charge is 0.496 e. The third-order valence-corrected chi connectivity index (χ3v) is 4.20. The molecule has 0 saturated carbocycles. The number of anilines is 1. The summed E-state index contributed by atoms with van der Waals surface area (Å²) in [6, 6.07) is 9.75. The molecule has 6 nitrogen and oxygen atoms in total. The minimum absolute atomic E-state index is 0.151. The third kappa shape index (κ3) is 2.43. The van der Waals surface area contributed by atoms with E-state index < -0.39 is 10.0 Å². The van der Waals surface area contributed by atoms with Gasteiger partial charge in [0.05, 0.1) is 24.6 Å². The third-order valence-electron chi connectivity index (χ3n) is 2.95. The van der Waals surface area contributed by atoms with Crippen molar-refractivity contribution in [3.05, 3.63) is 48.9 Å². The van der Waals surface area contributed by atoms with Crippen molar-refractivity contribution >= 4 is 26.6 Å². The Morgan fingerprint density at radius 3 is 2.76 bits per heavy atom. The maximum absolute atomic E-state index is 12.2. The highest BCUT2D eigenvalue weighted by Crippen LogP contribution is 2.31. The fourth-order valence-electron chi connectivity index (χ4n) is 2.02. The summed E-state index contributed by atoms with van der Waals surface area (Å²) in [5, 5.41) is 0.571. The molecular weight excluding hydrogens is 292 g/mol. The summed E-state index contributed by atoms with van der Waals surface area (Å²) in [7, 11) is -2.23. The van der Waals surface area contributed by atoms with Gasteiger partial charge in [0.1, 0.15) is 5.75 Å². The lowest BCUT2D eigenvalue weighted by Crippen LogP contribution is -2.12. The van der Waals surface area contributed by atoms with Gasteiger partial charge in [-0.05, 0) is 36.4 Å². The van der Waals surface area contributed by atoms with Gasteiger partial charge in [0, 0.05) is 11.6 Å². The van der Waals surface area contributed by atoms with Gasteiger partial charge in [-0.25, -0.2) is 0 Å². The molecule has 21 heavy (non-hydrogen) atoms. The van der Waals surface area contributed by atoms with Crippen LogP contribution in [-0.2, 0) is 10.0 Å². The molecule has 0 fully saturated rings. The average molecular weight is 304 g/mol. The summed E-state index contributed by atoms with van der Waals surface area (Å²) < 4.78 is 37.1. The molecular formula is C14H12N2O4S. The standard InChI is InChI=1S/C14H12N2O4S/c1-19-12-7-6-11(14-10(12)4-2-8-15-14)16-21(17,18)13-5-3-9-20-13/h2-9,16H,1H3. The molecule has 0 unspecified atom stereocenters. The van der Waals surface area contributed by atoms with E-state index in [0.29, 0.717) is 17.0 Å². The first-order chi connectivity index (χ1) is 10.1. The normalized spacial score (nSPS) is 11.5. The molecule has 2 aromatic heterocycles. The van der Waals surface area contributed by atoms with E-state index in [1.807, 2.05) is 6.07 Å². The van der Waals surface area contributed by atoms with Gasteiger partial charge in [0.25, 0.3) is 10.0 Å². The lowest BCUT2D eigenvalue weighted by molar-refractivity contribution is 0.420. The zero-order chi connectivity index (χ0) is 14.9. The van der Waals surface area contributed by atoms with Crippen LogP contribution in [0.2, 0.25) is 0 Å². The van der Waals surface area contributed by atoms with Gasteiger partial charge < -0.3 is 9.15 Å². The number of nitrogens with zero attached hydrogens (tertiary/aromatic N) is 1. The number of benzene rings is 1. The number of hydrogen-bond donors (Lipinski definition) is 1. The fourth-order valence-corrected chi connectivity index (χ4v) is 3.01. The molecule has 0 spiro atoms. The molecule has 0 aliphatic heterocycles. The van der Waals surface area contributed by atoms with Gasteiger partial charge >= 0.3 is 0 Å². The fraction of sp³-hybridized carbons (Fsp3) is 0.0714. The number of ether oxygens (including phenoxy) is 1. The van der Waals surface area contributed by atoms with E-state index in [-0.39, 0.29) is 5.09 Å². The molecule has 1 aromatic carbocycles. The zero-order valence-electron chi connectivity index (χ0n) is 11.1. The summed E-state index contributed by atoms with van der Waals surface area (Å²) in [6.45, 7) is 0. The van der Waals surface area contributed by atoms with Crippen LogP contribution in [0.4, 0.5) is 5.69 Å². The van der Waals surface area contributed by atoms with Crippen LogP contribution >= 0.6 is 0 Å². The quantitative estimate of drug-likeness (QED) is 0.801. The molecule has 1 N–H and O–H groups in total. The van der Waals surface area contributed by atoms with Crippen molar-refractivity contribution in [1.29, 1.82) is 0 Å². The molecule has 108 valence electrons. The second kappa shape index (κ2) is 5.10. The van der Waals surface area contributed by atoms with E-state index in [0.717, 1.165) is 5.39 Å². The molecule has 3 aromatic rings. The summed E-state index contributed by atoms with van der Waals surface area (Å²) >= 11 is 0. The monoisotopic (exact) mass is 304 g/mol. The van der Waals surface area contributed by atoms with Crippen molar-refractivity contribution < 1.29 is 17.6 Å². The number of nitrogens with one attached hydrogen (secondary N) is 1. The predicted molar refractivity (Wildman–Crippen MR) is 77.8 cm³/mol. The highest BCUT2D eigenvalue weighted by Gasteiger charge is 2.19. The van der Waals surface area contributed by atoms with Crippen molar-refractivity contribution in [3.63, 3.8) is 0 Å². The number of sulfonamides is 1. The van der Waals surface area contributed by atoms with Crippen LogP contribution in [0.1, 0.15) is 0 Å². The van der Waals surface area contributed by atoms with Crippen LogP contribution in [0.5, 0.6) is 5.75 Å². The smallest absolute Gasteiger partial charge is 0.295 e. The van der Waals surface area contributed by atoms with E-state index in [4.69, 9.17) is 9.15 Å². The molecule has 0 amide bonds. The number of furan rings is 1. The van der Waals surface area contributed by atoms with Gasteiger partial charge in [0.15, 0.2) is 0 Å². The molecule has 0 radical (unpaired) electrons. The number of aromatic nitrogens is 1. The lowest BCUT2D eigenvalue weighted by atomic mass is 10.2. The van der Waals surface area contributed by atoms with Gasteiger partial charge in [-0.2, -0.15) is 8.42 Å². The van der Waals surface area contributed by atoms with Gasteiger partial charge in [-0.1, -0.05) is 0 Å². The summed E-state index contributed by atoms with van der Waals surface area (Å²) in [5.74, 6) is 0.624. The first-order valence-corrected chi connectivity index (χ1v) is 7.58. The maximum atomic E-state index is 12.2. The predicted octanol–water partition coefficient (Wildman–Crippen LogP) is 2.64. The number of pyridine rings is 1. The van der Waals surface area contributed by atoms with Crippen molar-refractivity contribution in [1.82, 2.24) is 4.98 Å². The van der Waals surface area contributed by atoms with E-state index in [1.165, 1.54) is 18.4 Å². The molecule has 2 heterocycles. The van der Waals surface area contributed by atoms with Crippen molar-refractivity contribution in [2.75, 3.05) is 11.8 Å². The minimum Gasteiger partial charge on any atom is -0.496 e. The molecule has 0 aliphatic rings. The van der Waals surface area contributed by atoms with Crippen LogP contribution in [-0.4, -0.2) is 20.5 Å². The Bertz CT molecular complexity index is 873. The lowest BCUT2D eigenvalue weighted by Gasteiger charge is -2.11. The van der Waals surface area contributed by atoms with Gasteiger partial charge in [0.2, 0.25) is 5.09 Å². The van der Waals surface area contributed by atoms with E-state index in [2.05, 4.69) is 9.71 Å². The Morgan fingerprint density at radius 1 is 1.19 bits per heavy atom. The topological polar surface area (TPSA) is 81.4 Å². The van der Waals surface area contributed by atoms with Crippen LogP contribution in [0.3, 0.4) is 0 Å². The Hall–Kier alpha value is -2.54. The van der Waals surface area contributed by atoms with Crippen LogP contribution in [0, 0.1) is 0 Å². The van der Waals surface area contributed by atoms with Crippen molar-refractivity contribution in [2.45, 2.75) is 5.09 Å². The van der Waals surface area contributed by atoms with Crippen LogP contribution in [0.15, 0.2) is 58.4 Å². The summed E-state index contributed by atoms with van der Waals surface area (Å²) in [6.07, 6.45) is 2.89. The van der Waals surface area contributed by atoms with Crippen molar-refractivity contribution in [2.24, 2.45) is 0 Å². The summed E-state index contributed by atoms with van der Waals surface area (Å²) in [4.78, 5) is 4.22. The number of fused-ring (bicyclic) bond motifs is 1. The second-order valence-electron chi connectivity index (χ2n) is 4.25. The number of methoxy groups -OCH3 is 1. The zero-order valence-corrected chi connectivity index (χ0v) is 11.9. The average Bonchev–Trinajstić information content (AvgIpc) is 3.02. The maximum Gasteiger partial charge on any atom is 0.295 e. The first kappa shape index (κ1) is 13.4.